The van der Waals surface area contributed by atoms with Crippen LogP contribution in [0.5, 0.6) is 0 Å². The van der Waals surface area contributed by atoms with Crippen molar-refractivity contribution in [2.24, 2.45) is 0 Å². The number of nitrogens with one attached hydrogen (secondary N) is 1. The molecular weight excluding hydrogens is 286 g/mol. The van der Waals surface area contributed by atoms with Gasteiger partial charge in [0, 0.05) is 27.4 Å². The molecule has 4 heteroatoms. The summed E-state index contributed by atoms with van der Waals surface area (Å²) >= 11 is 5.32. The summed E-state index contributed by atoms with van der Waals surface area (Å²) in [6.45, 7) is 0.950. The smallest absolute Gasteiger partial charge is 0.0590 e. The molecule has 2 atom stereocenters. The van der Waals surface area contributed by atoms with Crippen molar-refractivity contribution in [2.45, 2.75) is 37.8 Å². The lowest BCUT2D eigenvalue weighted by atomic mass is 10.0. The Morgan fingerprint density at radius 2 is 2.56 bits per heavy atom. The van der Waals surface area contributed by atoms with Gasteiger partial charge in [0.2, 0.25) is 0 Å². The molecule has 0 amide bonds. The van der Waals surface area contributed by atoms with Crippen LogP contribution in [0.4, 0.5) is 0 Å². The molecule has 0 bridgehead atoms. The van der Waals surface area contributed by atoms with Crippen molar-refractivity contribution in [3.05, 3.63) is 20.8 Å². The highest BCUT2D eigenvalue weighted by Crippen LogP contribution is 2.23. The van der Waals surface area contributed by atoms with Crippen molar-refractivity contribution in [2.75, 3.05) is 13.7 Å². The van der Waals surface area contributed by atoms with Gasteiger partial charge in [0.1, 0.15) is 0 Å². The molecule has 1 aliphatic rings. The molecule has 0 saturated carbocycles. The van der Waals surface area contributed by atoms with Gasteiger partial charge in [-0.15, -0.1) is 11.3 Å². The highest BCUT2D eigenvalue weighted by atomic mass is 79.9. The lowest BCUT2D eigenvalue weighted by molar-refractivity contribution is 0.0955. The molecule has 2 rings (SSSR count). The standard InChI is InChI=1S/C12H18BrNOS/c1-14-10(6-11-3-2-4-15-11)7-12-5-9(13)8-16-12/h5,8,10-11,14H,2-4,6-7H2,1H3. The van der Waals surface area contributed by atoms with Gasteiger partial charge in [0.15, 0.2) is 0 Å². The SMILES string of the molecule is CNC(Cc1cc(Br)cs1)CC1CCCO1. The Hall–Kier alpha value is 0.1000. The first kappa shape index (κ1) is 12.6. The molecule has 2 heterocycles. The van der Waals surface area contributed by atoms with Crippen molar-refractivity contribution in [1.82, 2.24) is 5.32 Å². The summed E-state index contributed by atoms with van der Waals surface area (Å²) in [6.07, 6.45) is 5.16. The first-order valence-electron chi connectivity index (χ1n) is 5.79. The third-order valence-corrected chi connectivity index (χ3v) is 4.77. The highest BCUT2D eigenvalue weighted by Gasteiger charge is 2.20. The zero-order chi connectivity index (χ0) is 11.4. The van der Waals surface area contributed by atoms with E-state index in [9.17, 15) is 0 Å². The van der Waals surface area contributed by atoms with Crippen LogP contribution in [0.25, 0.3) is 0 Å². The van der Waals surface area contributed by atoms with E-state index in [-0.39, 0.29) is 0 Å². The number of hydrogen-bond donors (Lipinski definition) is 1. The topological polar surface area (TPSA) is 21.3 Å². The largest absolute Gasteiger partial charge is 0.378 e. The van der Waals surface area contributed by atoms with E-state index in [4.69, 9.17) is 4.74 Å². The van der Waals surface area contributed by atoms with Gasteiger partial charge in [-0.25, -0.2) is 0 Å². The molecular formula is C12H18BrNOS. The predicted octanol–water partition coefficient (Wildman–Crippen LogP) is 3.21. The molecule has 0 aliphatic carbocycles. The van der Waals surface area contributed by atoms with Crippen LogP contribution >= 0.6 is 27.3 Å². The van der Waals surface area contributed by atoms with Crippen molar-refractivity contribution in [1.29, 1.82) is 0 Å². The van der Waals surface area contributed by atoms with Gasteiger partial charge in [-0.1, -0.05) is 0 Å². The minimum atomic E-state index is 0.473. The van der Waals surface area contributed by atoms with Crippen LogP contribution in [0.3, 0.4) is 0 Å². The second-order valence-electron chi connectivity index (χ2n) is 4.29. The van der Waals surface area contributed by atoms with E-state index >= 15 is 0 Å². The van der Waals surface area contributed by atoms with Gasteiger partial charge in [-0.05, 0) is 54.7 Å². The van der Waals surface area contributed by atoms with Gasteiger partial charge in [-0.3, -0.25) is 0 Å². The Bertz CT molecular complexity index is 323. The molecule has 90 valence electrons. The average Bonchev–Trinajstić information content (AvgIpc) is 2.89. The number of likely N-dealkylation sites (N-methyl/N-ethyl adjacent to an activating group) is 1. The van der Waals surface area contributed by atoms with Crippen molar-refractivity contribution in [3.8, 4) is 0 Å². The van der Waals surface area contributed by atoms with Crippen LogP contribution in [0.2, 0.25) is 0 Å². The summed E-state index contributed by atoms with van der Waals surface area (Å²) in [5.41, 5.74) is 0. The van der Waals surface area contributed by atoms with Crippen molar-refractivity contribution in [3.63, 3.8) is 0 Å². The van der Waals surface area contributed by atoms with E-state index in [2.05, 4.69) is 32.7 Å². The fraction of sp³-hybridized carbons (Fsp3) is 0.667. The second-order valence-corrected chi connectivity index (χ2v) is 6.20. The summed E-state index contributed by atoms with van der Waals surface area (Å²) < 4.78 is 6.88. The van der Waals surface area contributed by atoms with E-state index in [1.165, 1.54) is 22.2 Å². The fourth-order valence-corrected chi connectivity index (χ4v) is 3.69. The van der Waals surface area contributed by atoms with Crippen LogP contribution in [0.1, 0.15) is 24.1 Å². The number of thiophene rings is 1. The van der Waals surface area contributed by atoms with Crippen LogP contribution in [-0.2, 0) is 11.2 Å². The molecule has 1 aliphatic heterocycles. The minimum Gasteiger partial charge on any atom is -0.378 e. The Labute approximate surface area is 110 Å². The van der Waals surface area contributed by atoms with Crippen LogP contribution in [0.15, 0.2) is 15.9 Å². The third kappa shape index (κ3) is 3.55. The normalized spacial score (nSPS) is 22.5. The quantitative estimate of drug-likeness (QED) is 0.902. The number of hydrogen-bond acceptors (Lipinski definition) is 3. The van der Waals surface area contributed by atoms with Gasteiger partial charge < -0.3 is 10.1 Å². The zero-order valence-corrected chi connectivity index (χ0v) is 11.9. The molecule has 0 aromatic carbocycles. The molecule has 2 unspecified atom stereocenters. The van der Waals surface area contributed by atoms with E-state index in [0.29, 0.717) is 12.1 Å². The lowest BCUT2D eigenvalue weighted by Gasteiger charge is -2.19. The van der Waals surface area contributed by atoms with Crippen LogP contribution in [0, 0.1) is 0 Å². The summed E-state index contributed by atoms with van der Waals surface area (Å²) in [5, 5.41) is 5.54. The third-order valence-electron chi connectivity index (χ3n) is 3.05. The zero-order valence-electron chi connectivity index (χ0n) is 9.54. The number of ether oxygens (including phenoxy) is 1. The summed E-state index contributed by atoms with van der Waals surface area (Å²) in [6, 6.07) is 2.75. The van der Waals surface area contributed by atoms with Crippen molar-refractivity contribution < 1.29 is 4.74 Å². The number of rotatable bonds is 5. The molecule has 1 aromatic rings. The minimum absolute atomic E-state index is 0.473. The van der Waals surface area contributed by atoms with Gasteiger partial charge >= 0.3 is 0 Å². The van der Waals surface area contributed by atoms with E-state index in [1.54, 1.807) is 0 Å². The molecule has 16 heavy (non-hydrogen) atoms. The van der Waals surface area contributed by atoms with Crippen molar-refractivity contribution >= 4 is 27.3 Å². The first-order valence-corrected chi connectivity index (χ1v) is 7.47. The van der Waals surface area contributed by atoms with Gasteiger partial charge in [0.05, 0.1) is 6.10 Å². The molecule has 2 nitrogen and oxygen atoms in total. The van der Waals surface area contributed by atoms with Gasteiger partial charge in [0.25, 0.3) is 0 Å². The second kappa shape index (κ2) is 6.15. The van der Waals surface area contributed by atoms with E-state index < -0.39 is 0 Å². The molecule has 0 spiro atoms. The maximum atomic E-state index is 5.68. The maximum absolute atomic E-state index is 5.68. The van der Waals surface area contributed by atoms with Crippen LogP contribution in [-0.4, -0.2) is 25.8 Å². The molecule has 1 saturated heterocycles. The number of halogens is 1. The monoisotopic (exact) mass is 303 g/mol. The molecule has 1 fully saturated rings. The summed E-state index contributed by atoms with van der Waals surface area (Å²) in [5.74, 6) is 0. The molecule has 1 N–H and O–H groups in total. The molecule has 0 radical (unpaired) electrons. The Morgan fingerprint density at radius 3 is 3.12 bits per heavy atom. The molecule has 1 aromatic heterocycles. The summed E-state index contributed by atoms with van der Waals surface area (Å²) in [4.78, 5) is 1.43. The Balaban J connectivity index is 1.84. The Morgan fingerprint density at radius 1 is 1.69 bits per heavy atom. The lowest BCUT2D eigenvalue weighted by Crippen LogP contribution is -2.31. The van der Waals surface area contributed by atoms with E-state index in [0.717, 1.165) is 19.4 Å². The first-order chi connectivity index (χ1) is 7.78. The maximum Gasteiger partial charge on any atom is 0.0590 e. The van der Waals surface area contributed by atoms with Gasteiger partial charge in [-0.2, -0.15) is 0 Å². The fourth-order valence-electron chi connectivity index (χ4n) is 2.15. The van der Waals surface area contributed by atoms with E-state index in [1.807, 2.05) is 18.4 Å². The predicted molar refractivity (Wildman–Crippen MR) is 72.2 cm³/mol. The average molecular weight is 304 g/mol. The Kier molecular flexibility index (Phi) is 4.82. The summed E-state index contributed by atoms with van der Waals surface area (Å²) in [7, 11) is 2.04. The van der Waals surface area contributed by atoms with Crippen LogP contribution < -0.4 is 5.32 Å². The highest BCUT2D eigenvalue weighted by molar-refractivity contribution is 9.10.